The Hall–Kier alpha value is 0.274. The van der Waals surface area contributed by atoms with Gasteiger partial charge in [0.1, 0.15) is 0 Å². The average Bonchev–Trinajstić information content (AvgIpc) is 2.66. The largest absolute Gasteiger partial charge is 0.394 e. The zero-order chi connectivity index (χ0) is 21.1. The van der Waals surface area contributed by atoms with Crippen molar-refractivity contribution in [1.29, 1.82) is 0 Å². The summed E-state index contributed by atoms with van der Waals surface area (Å²) in [7, 11) is -4.10. The van der Waals surface area contributed by atoms with E-state index in [1.165, 1.54) is 25.7 Å². The van der Waals surface area contributed by atoms with Crippen molar-refractivity contribution in [1.82, 2.24) is 0 Å². The van der Waals surface area contributed by atoms with Gasteiger partial charge in [-0.2, -0.15) is 0 Å². The molecule has 0 rings (SSSR count). The van der Waals surface area contributed by atoms with E-state index in [1.807, 2.05) is 0 Å². The van der Waals surface area contributed by atoms with Crippen LogP contribution in [0.3, 0.4) is 0 Å². The Labute approximate surface area is 178 Å². The van der Waals surface area contributed by atoms with Crippen molar-refractivity contribution in [2.45, 2.75) is 117 Å². The Kier molecular flexibility index (Phi) is 18.3. The normalized spacial score (nSPS) is 12.6. The van der Waals surface area contributed by atoms with Gasteiger partial charge >= 0.3 is 17.1 Å². The topological polar surface area (TPSA) is 36.9 Å². The molecule has 0 N–H and O–H groups in total. The van der Waals surface area contributed by atoms with E-state index in [0.717, 1.165) is 77.0 Å². The first-order valence-corrected chi connectivity index (χ1v) is 17.1. The maximum atomic E-state index is 6.27. The lowest BCUT2D eigenvalue weighted by molar-refractivity contribution is 0.164. The molecular weight excluding hydrogens is 384 g/mol. The van der Waals surface area contributed by atoms with Gasteiger partial charge in [0.15, 0.2) is 0 Å². The van der Waals surface area contributed by atoms with Gasteiger partial charge in [-0.05, 0) is 50.9 Å². The lowest BCUT2D eigenvalue weighted by atomic mass is 10.4. The molecule has 0 atom stereocenters. The maximum absolute atomic E-state index is 6.27. The molecule has 0 aliphatic rings. The highest BCUT2D eigenvalue weighted by atomic mass is 28.4. The van der Waals surface area contributed by atoms with E-state index in [0.29, 0.717) is 0 Å². The van der Waals surface area contributed by atoms with Gasteiger partial charge in [0, 0.05) is 26.4 Å². The third-order valence-electron chi connectivity index (χ3n) is 5.13. The predicted octanol–water partition coefficient (Wildman–Crippen LogP) is 7.18. The van der Waals surface area contributed by atoms with E-state index in [4.69, 9.17) is 17.7 Å². The number of hydrogen-bond donors (Lipinski definition) is 0. The molecule has 0 aliphatic carbocycles. The van der Waals surface area contributed by atoms with Crippen LogP contribution in [-0.2, 0) is 17.7 Å². The zero-order valence-corrected chi connectivity index (χ0v) is 21.9. The van der Waals surface area contributed by atoms with E-state index in [-0.39, 0.29) is 0 Å². The first-order valence-electron chi connectivity index (χ1n) is 12.0. The molecule has 0 radical (unpaired) electrons. The second-order valence-corrected chi connectivity index (χ2v) is 15.0. The van der Waals surface area contributed by atoms with Crippen LogP contribution in [0.25, 0.3) is 0 Å². The van der Waals surface area contributed by atoms with Crippen LogP contribution < -0.4 is 0 Å². The van der Waals surface area contributed by atoms with Crippen LogP contribution in [-0.4, -0.2) is 43.5 Å². The van der Waals surface area contributed by atoms with Gasteiger partial charge < -0.3 is 17.7 Å². The molecule has 0 spiro atoms. The summed E-state index contributed by atoms with van der Waals surface area (Å²) in [5.41, 5.74) is 0. The molecule has 0 aliphatic heterocycles. The average molecular weight is 435 g/mol. The molecule has 6 heteroatoms. The van der Waals surface area contributed by atoms with Crippen molar-refractivity contribution in [3.63, 3.8) is 0 Å². The van der Waals surface area contributed by atoms with Gasteiger partial charge in [-0.1, -0.05) is 66.2 Å². The molecule has 0 unspecified atom stereocenters. The summed E-state index contributed by atoms with van der Waals surface area (Å²) in [5, 5.41) is 0. The van der Waals surface area contributed by atoms with Gasteiger partial charge in [0.2, 0.25) is 0 Å². The lowest BCUT2D eigenvalue weighted by Gasteiger charge is -2.29. The van der Waals surface area contributed by atoms with Crippen LogP contribution in [0, 0.1) is 0 Å². The summed E-state index contributed by atoms with van der Waals surface area (Å²) >= 11 is 0. The van der Waals surface area contributed by atoms with Crippen LogP contribution in [0.4, 0.5) is 0 Å². The summed E-state index contributed by atoms with van der Waals surface area (Å²) in [6.07, 6.45) is 11.5. The van der Waals surface area contributed by atoms with Gasteiger partial charge in [0.05, 0.1) is 0 Å². The zero-order valence-electron chi connectivity index (χ0n) is 19.9. The highest BCUT2D eigenvalue weighted by Crippen LogP contribution is 2.23. The summed E-state index contributed by atoms with van der Waals surface area (Å²) in [6, 6.07) is 2.16. The standard InChI is InChI=1S/C22H50O4Si2/c1-7-11-17-23-27(5,24-18-12-8-2)21-15-16-22-28(6,25-19-13-9-3)26-20-14-10-4/h7-22H2,1-6H3. The van der Waals surface area contributed by atoms with Crippen molar-refractivity contribution in [3.05, 3.63) is 0 Å². The van der Waals surface area contributed by atoms with E-state index in [1.54, 1.807) is 0 Å². The van der Waals surface area contributed by atoms with Crippen molar-refractivity contribution >= 4 is 17.1 Å². The molecule has 0 bridgehead atoms. The first-order chi connectivity index (χ1) is 13.4. The molecule has 0 aromatic carbocycles. The van der Waals surface area contributed by atoms with Crippen LogP contribution in [0.5, 0.6) is 0 Å². The molecule has 0 saturated heterocycles. The Morgan fingerprint density at radius 3 is 0.893 bits per heavy atom. The fourth-order valence-corrected chi connectivity index (χ4v) is 7.83. The lowest BCUT2D eigenvalue weighted by Crippen LogP contribution is -2.40. The molecule has 0 aromatic rings. The molecule has 0 amide bonds. The minimum absolute atomic E-state index is 0.845. The first kappa shape index (κ1) is 28.3. The van der Waals surface area contributed by atoms with Crippen LogP contribution in [0.1, 0.15) is 91.9 Å². The molecule has 170 valence electrons. The maximum Gasteiger partial charge on any atom is 0.334 e. The molecule has 0 heterocycles. The fraction of sp³-hybridized carbons (Fsp3) is 1.00. The quantitative estimate of drug-likeness (QED) is 0.142. The third kappa shape index (κ3) is 15.2. The summed E-state index contributed by atoms with van der Waals surface area (Å²) in [6.45, 7) is 16.7. The van der Waals surface area contributed by atoms with Gasteiger partial charge in [0.25, 0.3) is 0 Å². The molecule has 0 aromatic heterocycles. The second-order valence-electron chi connectivity index (χ2n) is 8.28. The Bertz CT molecular complexity index is 290. The summed E-state index contributed by atoms with van der Waals surface area (Å²) < 4.78 is 25.1. The van der Waals surface area contributed by atoms with Gasteiger partial charge in [-0.25, -0.2) is 0 Å². The Morgan fingerprint density at radius 1 is 0.429 bits per heavy atom. The predicted molar refractivity (Wildman–Crippen MR) is 126 cm³/mol. The molecule has 0 saturated carbocycles. The monoisotopic (exact) mass is 434 g/mol. The van der Waals surface area contributed by atoms with Crippen molar-refractivity contribution in [3.8, 4) is 0 Å². The second kappa shape index (κ2) is 18.1. The molecule has 0 fully saturated rings. The molecule has 4 nitrogen and oxygen atoms in total. The van der Waals surface area contributed by atoms with E-state index in [9.17, 15) is 0 Å². The fourth-order valence-electron chi connectivity index (χ4n) is 2.99. The molecular formula is C22H50O4Si2. The number of unbranched alkanes of at least 4 members (excludes halogenated alkanes) is 5. The minimum atomic E-state index is -2.05. The summed E-state index contributed by atoms with van der Waals surface area (Å²) in [4.78, 5) is 0. The van der Waals surface area contributed by atoms with E-state index >= 15 is 0 Å². The van der Waals surface area contributed by atoms with Crippen molar-refractivity contribution in [2.24, 2.45) is 0 Å². The summed E-state index contributed by atoms with van der Waals surface area (Å²) in [5.74, 6) is 0. The number of hydrogen-bond acceptors (Lipinski definition) is 4. The molecule has 28 heavy (non-hydrogen) atoms. The van der Waals surface area contributed by atoms with Gasteiger partial charge in [-0.15, -0.1) is 0 Å². The Morgan fingerprint density at radius 2 is 0.679 bits per heavy atom. The van der Waals surface area contributed by atoms with Crippen molar-refractivity contribution in [2.75, 3.05) is 26.4 Å². The van der Waals surface area contributed by atoms with Gasteiger partial charge in [-0.3, -0.25) is 0 Å². The SMILES string of the molecule is CCCCO[Si](C)(CCCC[Si](C)(OCCCC)OCCCC)OCCCC. The van der Waals surface area contributed by atoms with E-state index in [2.05, 4.69) is 40.8 Å². The smallest absolute Gasteiger partial charge is 0.334 e. The highest BCUT2D eigenvalue weighted by Gasteiger charge is 2.33. The minimum Gasteiger partial charge on any atom is -0.394 e. The Balaban J connectivity index is 4.47. The highest BCUT2D eigenvalue weighted by molar-refractivity contribution is 6.66. The van der Waals surface area contributed by atoms with Crippen LogP contribution in [0.2, 0.25) is 25.2 Å². The van der Waals surface area contributed by atoms with Crippen molar-refractivity contribution < 1.29 is 17.7 Å². The van der Waals surface area contributed by atoms with E-state index < -0.39 is 17.1 Å². The van der Waals surface area contributed by atoms with Crippen LogP contribution >= 0.6 is 0 Å². The van der Waals surface area contributed by atoms with Crippen LogP contribution in [0.15, 0.2) is 0 Å². The third-order valence-corrected chi connectivity index (χ3v) is 10.9. The number of rotatable bonds is 21.